The van der Waals surface area contributed by atoms with Crippen LogP contribution in [0.3, 0.4) is 0 Å². The number of phenolic OH excluding ortho intramolecular Hbond substituents is 1. The lowest BCUT2D eigenvalue weighted by Crippen LogP contribution is -2.52. The third kappa shape index (κ3) is 1.86. The predicted molar refractivity (Wildman–Crippen MR) is 65.4 cm³/mol. The number of hydrogen-bond donors (Lipinski definition) is 1. The van der Waals surface area contributed by atoms with Crippen molar-refractivity contribution < 1.29 is 14.6 Å². The van der Waals surface area contributed by atoms with Gasteiger partial charge in [0, 0.05) is 12.6 Å². The largest absolute Gasteiger partial charge is 0.508 e. The van der Waals surface area contributed by atoms with E-state index in [0.29, 0.717) is 18.0 Å². The molecule has 4 nitrogen and oxygen atoms in total. The first-order chi connectivity index (χ1) is 7.95. The van der Waals surface area contributed by atoms with Crippen LogP contribution in [-0.4, -0.2) is 23.2 Å². The Labute approximate surface area is 100 Å². The van der Waals surface area contributed by atoms with Crippen LogP contribution in [0.25, 0.3) is 0 Å². The number of anilines is 1. The van der Waals surface area contributed by atoms with Crippen LogP contribution < -0.4 is 9.64 Å². The summed E-state index contributed by atoms with van der Waals surface area (Å²) in [7, 11) is 0. The molecule has 1 N–H and O–H groups in total. The van der Waals surface area contributed by atoms with Crippen molar-refractivity contribution in [3.05, 3.63) is 30.9 Å². The minimum atomic E-state index is -0.927. The Morgan fingerprint density at radius 2 is 2.24 bits per heavy atom. The van der Waals surface area contributed by atoms with E-state index < -0.39 is 5.60 Å². The van der Waals surface area contributed by atoms with Crippen molar-refractivity contribution in [2.75, 3.05) is 11.4 Å². The van der Waals surface area contributed by atoms with Crippen molar-refractivity contribution in [2.45, 2.75) is 19.4 Å². The lowest BCUT2D eigenvalue weighted by Gasteiger charge is -2.38. The molecule has 0 aromatic heterocycles. The predicted octanol–water partition coefficient (Wildman–Crippen LogP) is 2.08. The number of aromatic hydroxyl groups is 1. The molecule has 17 heavy (non-hydrogen) atoms. The van der Waals surface area contributed by atoms with E-state index in [2.05, 4.69) is 6.58 Å². The number of rotatable bonds is 2. The first-order valence-electron chi connectivity index (χ1n) is 5.40. The maximum absolute atomic E-state index is 12.2. The van der Waals surface area contributed by atoms with E-state index in [1.165, 1.54) is 12.1 Å². The molecule has 0 fully saturated rings. The number of carbonyl (C=O) groups excluding carboxylic acids is 1. The summed E-state index contributed by atoms with van der Waals surface area (Å²) in [6.07, 6.45) is 1.66. The molecule has 4 heteroatoms. The summed E-state index contributed by atoms with van der Waals surface area (Å²) < 4.78 is 5.60. The van der Waals surface area contributed by atoms with Gasteiger partial charge in [0.15, 0.2) is 5.60 Å². The van der Waals surface area contributed by atoms with Crippen molar-refractivity contribution in [3.8, 4) is 11.5 Å². The molecular formula is C13H15NO3. The molecule has 1 aromatic carbocycles. The van der Waals surface area contributed by atoms with Gasteiger partial charge in [-0.2, -0.15) is 0 Å². The topological polar surface area (TPSA) is 49.8 Å². The second-order valence-corrected chi connectivity index (χ2v) is 4.47. The van der Waals surface area contributed by atoms with Crippen molar-refractivity contribution in [1.82, 2.24) is 0 Å². The highest BCUT2D eigenvalue weighted by molar-refractivity contribution is 6.02. The van der Waals surface area contributed by atoms with Crippen LogP contribution in [0.1, 0.15) is 13.8 Å². The van der Waals surface area contributed by atoms with Crippen LogP contribution in [0, 0.1) is 0 Å². The molecule has 1 heterocycles. The van der Waals surface area contributed by atoms with Gasteiger partial charge < -0.3 is 14.7 Å². The van der Waals surface area contributed by atoms with Gasteiger partial charge in [0.2, 0.25) is 0 Å². The standard InChI is InChI=1S/C13H15NO3/c1-4-7-14-10-6-5-9(15)8-11(10)17-13(2,3)12(14)16/h4-6,8,15H,1,7H2,2-3H3. The molecule has 90 valence electrons. The molecule has 0 saturated heterocycles. The molecule has 0 saturated carbocycles. The van der Waals surface area contributed by atoms with E-state index in [1.54, 1.807) is 30.9 Å². The summed E-state index contributed by atoms with van der Waals surface area (Å²) in [6.45, 7) is 7.48. The van der Waals surface area contributed by atoms with Gasteiger partial charge in [-0.05, 0) is 26.0 Å². The lowest BCUT2D eigenvalue weighted by molar-refractivity contribution is -0.132. The maximum atomic E-state index is 12.2. The monoisotopic (exact) mass is 233 g/mol. The highest BCUT2D eigenvalue weighted by Crippen LogP contribution is 2.39. The number of nitrogens with zero attached hydrogens (tertiary/aromatic N) is 1. The van der Waals surface area contributed by atoms with E-state index in [1.807, 2.05) is 0 Å². The van der Waals surface area contributed by atoms with Crippen molar-refractivity contribution in [3.63, 3.8) is 0 Å². The van der Waals surface area contributed by atoms with Crippen molar-refractivity contribution >= 4 is 11.6 Å². The number of hydrogen-bond acceptors (Lipinski definition) is 3. The number of phenols is 1. The Morgan fingerprint density at radius 3 is 2.88 bits per heavy atom. The molecule has 0 radical (unpaired) electrons. The highest BCUT2D eigenvalue weighted by atomic mass is 16.5. The Kier molecular flexibility index (Phi) is 2.58. The van der Waals surface area contributed by atoms with Crippen LogP contribution in [0.15, 0.2) is 30.9 Å². The number of benzene rings is 1. The molecule has 1 aromatic rings. The van der Waals surface area contributed by atoms with E-state index >= 15 is 0 Å². The summed E-state index contributed by atoms with van der Waals surface area (Å²) in [6, 6.07) is 4.71. The zero-order valence-corrected chi connectivity index (χ0v) is 9.93. The quantitative estimate of drug-likeness (QED) is 0.796. The molecule has 0 bridgehead atoms. The van der Waals surface area contributed by atoms with Gasteiger partial charge in [-0.3, -0.25) is 4.79 Å². The second kappa shape index (κ2) is 3.80. The number of fused-ring (bicyclic) bond motifs is 1. The summed E-state index contributed by atoms with van der Waals surface area (Å²) in [5.41, 5.74) is -0.267. The third-order valence-corrected chi connectivity index (χ3v) is 2.67. The van der Waals surface area contributed by atoms with Gasteiger partial charge in [0.1, 0.15) is 11.5 Å². The molecule has 1 aliphatic rings. The fourth-order valence-electron chi connectivity index (χ4n) is 1.87. The first-order valence-corrected chi connectivity index (χ1v) is 5.40. The number of carbonyl (C=O) groups is 1. The van der Waals surface area contributed by atoms with Gasteiger partial charge >= 0.3 is 0 Å². The minimum absolute atomic E-state index is 0.115. The Balaban J connectivity index is 2.53. The van der Waals surface area contributed by atoms with Gasteiger partial charge in [0.05, 0.1) is 5.69 Å². The van der Waals surface area contributed by atoms with E-state index in [-0.39, 0.29) is 11.7 Å². The summed E-state index contributed by atoms with van der Waals surface area (Å²) >= 11 is 0. The van der Waals surface area contributed by atoms with Crippen molar-refractivity contribution in [1.29, 1.82) is 0 Å². The normalized spacial score (nSPS) is 17.3. The summed E-state index contributed by atoms with van der Waals surface area (Å²) in [4.78, 5) is 13.8. The van der Waals surface area contributed by atoms with Crippen LogP contribution in [0.5, 0.6) is 11.5 Å². The first kappa shape index (κ1) is 11.5. The summed E-state index contributed by atoms with van der Waals surface area (Å²) in [5, 5.41) is 9.44. The number of amides is 1. The van der Waals surface area contributed by atoms with E-state index in [4.69, 9.17) is 4.74 Å². The Hall–Kier alpha value is -1.97. The molecule has 0 unspecified atom stereocenters. The summed E-state index contributed by atoms with van der Waals surface area (Å²) in [5.74, 6) is 0.513. The molecule has 1 aliphatic heterocycles. The van der Waals surface area contributed by atoms with E-state index in [9.17, 15) is 9.90 Å². The molecular weight excluding hydrogens is 218 g/mol. The number of ether oxygens (including phenoxy) is 1. The van der Waals surface area contributed by atoms with E-state index in [0.717, 1.165) is 0 Å². The van der Waals surface area contributed by atoms with Crippen LogP contribution >= 0.6 is 0 Å². The van der Waals surface area contributed by atoms with Gasteiger partial charge in [-0.15, -0.1) is 6.58 Å². The average Bonchev–Trinajstić information content (AvgIpc) is 2.24. The fourth-order valence-corrected chi connectivity index (χ4v) is 1.87. The third-order valence-electron chi connectivity index (χ3n) is 2.67. The zero-order chi connectivity index (χ0) is 12.6. The van der Waals surface area contributed by atoms with Gasteiger partial charge in [0.25, 0.3) is 5.91 Å². The lowest BCUT2D eigenvalue weighted by atomic mass is 10.0. The SMILES string of the molecule is C=CCN1C(=O)C(C)(C)Oc2cc(O)ccc21. The molecule has 2 rings (SSSR count). The average molecular weight is 233 g/mol. The van der Waals surface area contributed by atoms with Gasteiger partial charge in [-0.25, -0.2) is 0 Å². The zero-order valence-electron chi connectivity index (χ0n) is 9.93. The smallest absolute Gasteiger partial charge is 0.270 e. The minimum Gasteiger partial charge on any atom is -0.508 e. The van der Waals surface area contributed by atoms with Crippen LogP contribution in [0.2, 0.25) is 0 Å². The fraction of sp³-hybridized carbons (Fsp3) is 0.308. The molecule has 0 aliphatic carbocycles. The Bertz CT molecular complexity index is 480. The van der Waals surface area contributed by atoms with Crippen LogP contribution in [-0.2, 0) is 4.79 Å². The molecule has 1 amide bonds. The maximum Gasteiger partial charge on any atom is 0.270 e. The Morgan fingerprint density at radius 1 is 1.53 bits per heavy atom. The van der Waals surface area contributed by atoms with Crippen molar-refractivity contribution in [2.24, 2.45) is 0 Å². The second-order valence-electron chi connectivity index (χ2n) is 4.47. The molecule has 0 spiro atoms. The van der Waals surface area contributed by atoms with Crippen LogP contribution in [0.4, 0.5) is 5.69 Å². The van der Waals surface area contributed by atoms with Gasteiger partial charge in [-0.1, -0.05) is 6.08 Å². The highest BCUT2D eigenvalue weighted by Gasteiger charge is 2.40. The molecule has 0 atom stereocenters.